The number of aliphatic hydroxyl groups excluding tert-OH is 1. The van der Waals surface area contributed by atoms with E-state index in [4.69, 9.17) is 4.74 Å². The molecule has 1 N–H and O–H groups in total. The standard InChI is InChI=1S/C20H24N2O2.BrH/c1-3-13-12-22-9-7-14(13)10-19(22)20(23)16-6-8-21-18-5-4-15(24-2)11-17(16)18;/h3-6,8,11,13-14,19-20,23H,1,7,9-10,12H2,2H3;1H/t13?,14?,19?,20-;/m0./s1. The van der Waals surface area contributed by atoms with E-state index in [0.29, 0.717) is 11.8 Å². The van der Waals surface area contributed by atoms with Gasteiger partial charge in [0.1, 0.15) is 5.75 Å². The van der Waals surface area contributed by atoms with Gasteiger partial charge in [-0.15, -0.1) is 23.6 Å². The number of piperidine rings is 3. The fourth-order valence-corrected chi connectivity index (χ4v) is 4.44. The largest absolute Gasteiger partial charge is 0.497 e. The van der Waals surface area contributed by atoms with Crippen molar-refractivity contribution in [1.82, 2.24) is 9.88 Å². The van der Waals surface area contributed by atoms with Crippen LogP contribution in [0.1, 0.15) is 24.5 Å². The van der Waals surface area contributed by atoms with Crippen LogP contribution in [0.2, 0.25) is 0 Å². The highest BCUT2D eigenvalue weighted by atomic mass is 79.9. The van der Waals surface area contributed by atoms with Crippen LogP contribution in [0.4, 0.5) is 0 Å². The molecule has 3 aliphatic rings. The van der Waals surface area contributed by atoms with Gasteiger partial charge in [-0.05, 0) is 61.1 Å². The molecule has 0 amide bonds. The molecular formula is C20H25BrN2O2. The first-order valence-corrected chi connectivity index (χ1v) is 8.68. The maximum Gasteiger partial charge on any atom is 0.119 e. The lowest BCUT2D eigenvalue weighted by Gasteiger charge is -2.50. The summed E-state index contributed by atoms with van der Waals surface area (Å²) in [5.74, 6) is 2.01. The van der Waals surface area contributed by atoms with Crippen LogP contribution in [-0.2, 0) is 0 Å². The van der Waals surface area contributed by atoms with Crippen molar-refractivity contribution in [1.29, 1.82) is 0 Å². The third-order valence-corrected chi connectivity index (χ3v) is 5.82. The van der Waals surface area contributed by atoms with E-state index in [1.165, 1.54) is 6.42 Å². The van der Waals surface area contributed by atoms with Gasteiger partial charge in [0.2, 0.25) is 0 Å². The fourth-order valence-electron chi connectivity index (χ4n) is 4.44. The minimum absolute atomic E-state index is 0. The van der Waals surface area contributed by atoms with E-state index in [-0.39, 0.29) is 23.0 Å². The molecule has 1 aromatic carbocycles. The number of rotatable bonds is 4. The molecule has 2 bridgehead atoms. The molecule has 0 radical (unpaired) electrons. The van der Waals surface area contributed by atoms with Gasteiger partial charge < -0.3 is 9.84 Å². The van der Waals surface area contributed by atoms with E-state index in [1.807, 2.05) is 24.3 Å². The molecule has 5 atom stereocenters. The van der Waals surface area contributed by atoms with Crippen molar-refractivity contribution in [2.45, 2.75) is 25.0 Å². The van der Waals surface area contributed by atoms with Crippen molar-refractivity contribution in [2.75, 3.05) is 20.2 Å². The molecule has 0 spiro atoms. The maximum absolute atomic E-state index is 11.2. The Kier molecular flexibility index (Phi) is 5.46. The van der Waals surface area contributed by atoms with E-state index in [9.17, 15) is 5.11 Å². The zero-order valence-electron chi connectivity index (χ0n) is 14.5. The molecule has 1 aromatic heterocycles. The van der Waals surface area contributed by atoms with E-state index in [0.717, 1.165) is 41.7 Å². The van der Waals surface area contributed by atoms with Gasteiger partial charge in [-0.25, -0.2) is 0 Å². The van der Waals surface area contributed by atoms with Crippen molar-refractivity contribution >= 4 is 27.9 Å². The second-order valence-electron chi connectivity index (χ2n) is 6.97. The number of halogens is 1. The number of aliphatic hydroxyl groups is 1. The van der Waals surface area contributed by atoms with Crippen LogP contribution >= 0.6 is 17.0 Å². The normalized spacial score (nSPS) is 29.0. The summed E-state index contributed by atoms with van der Waals surface area (Å²) in [4.78, 5) is 6.86. The average molecular weight is 405 g/mol. The van der Waals surface area contributed by atoms with Gasteiger partial charge in [-0.2, -0.15) is 0 Å². The Bertz CT molecular complexity index is 766. The zero-order valence-corrected chi connectivity index (χ0v) is 16.2. The highest BCUT2D eigenvalue weighted by Gasteiger charge is 2.42. The summed E-state index contributed by atoms with van der Waals surface area (Å²) in [5.41, 5.74) is 1.85. The molecule has 4 heterocycles. The topological polar surface area (TPSA) is 45.6 Å². The van der Waals surface area contributed by atoms with Crippen molar-refractivity contribution in [3.05, 3.63) is 48.7 Å². The minimum atomic E-state index is -0.504. The van der Waals surface area contributed by atoms with E-state index >= 15 is 0 Å². The first kappa shape index (κ1) is 18.4. The molecule has 3 saturated heterocycles. The second kappa shape index (κ2) is 7.44. The Labute approximate surface area is 159 Å². The quantitative estimate of drug-likeness (QED) is 0.788. The van der Waals surface area contributed by atoms with Gasteiger partial charge in [-0.3, -0.25) is 9.88 Å². The average Bonchev–Trinajstić information content (AvgIpc) is 2.66. The number of methoxy groups -OCH3 is 1. The fraction of sp³-hybridized carbons (Fsp3) is 0.450. The predicted molar refractivity (Wildman–Crippen MR) is 105 cm³/mol. The molecule has 25 heavy (non-hydrogen) atoms. The van der Waals surface area contributed by atoms with Crippen LogP contribution in [-0.4, -0.2) is 41.2 Å². The van der Waals surface area contributed by atoms with Crippen LogP contribution < -0.4 is 4.74 Å². The Hall–Kier alpha value is -1.43. The third kappa shape index (κ3) is 3.21. The monoisotopic (exact) mass is 404 g/mol. The highest BCUT2D eigenvalue weighted by Crippen LogP contribution is 2.42. The van der Waals surface area contributed by atoms with Gasteiger partial charge in [-0.1, -0.05) is 6.08 Å². The van der Waals surface area contributed by atoms with Crippen LogP contribution in [0.25, 0.3) is 10.9 Å². The molecule has 134 valence electrons. The number of fused-ring (bicyclic) bond motifs is 4. The van der Waals surface area contributed by atoms with Gasteiger partial charge in [0.15, 0.2) is 0 Å². The Morgan fingerprint density at radius 1 is 1.40 bits per heavy atom. The molecule has 5 rings (SSSR count). The predicted octanol–water partition coefficient (Wildman–Crippen LogP) is 3.75. The lowest BCUT2D eigenvalue weighted by atomic mass is 9.73. The lowest BCUT2D eigenvalue weighted by Crippen LogP contribution is -2.54. The number of ether oxygens (including phenoxy) is 1. The molecule has 4 unspecified atom stereocenters. The summed E-state index contributed by atoms with van der Waals surface area (Å²) in [5, 5.41) is 12.1. The van der Waals surface area contributed by atoms with Crippen molar-refractivity contribution < 1.29 is 9.84 Å². The summed E-state index contributed by atoms with van der Waals surface area (Å²) in [7, 11) is 1.66. The first-order chi connectivity index (χ1) is 11.7. The third-order valence-electron chi connectivity index (χ3n) is 5.82. The number of aromatic nitrogens is 1. The van der Waals surface area contributed by atoms with E-state index < -0.39 is 6.10 Å². The molecule has 0 aliphatic carbocycles. The van der Waals surface area contributed by atoms with Gasteiger partial charge in [0, 0.05) is 24.2 Å². The van der Waals surface area contributed by atoms with Gasteiger partial charge >= 0.3 is 0 Å². The molecule has 3 fully saturated rings. The van der Waals surface area contributed by atoms with Crippen molar-refractivity contribution in [3.63, 3.8) is 0 Å². The number of benzene rings is 1. The molecule has 5 heteroatoms. The highest BCUT2D eigenvalue weighted by molar-refractivity contribution is 8.93. The van der Waals surface area contributed by atoms with Crippen LogP contribution in [0, 0.1) is 11.8 Å². The van der Waals surface area contributed by atoms with Crippen LogP contribution in [0.5, 0.6) is 5.75 Å². The van der Waals surface area contributed by atoms with E-state index in [2.05, 4.69) is 22.5 Å². The van der Waals surface area contributed by atoms with E-state index in [1.54, 1.807) is 13.3 Å². The minimum Gasteiger partial charge on any atom is -0.497 e. The molecule has 4 nitrogen and oxygen atoms in total. The zero-order chi connectivity index (χ0) is 16.7. The molecule has 0 saturated carbocycles. The SMILES string of the molecule is Br.C=CC1CN2CCC1CC2[C@@H](O)c1ccnc2ccc(OC)cc12. The molecule has 3 aliphatic heterocycles. The maximum atomic E-state index is 11.2. The number of hydrogen-bond acceptors (Lipinski definition) is 4. The lowest BCUT2D eigenvalue weighted by molar-refractivity contribution is -0.0444. The Morgan fingerprint density at radius 3 is 2.92 bits per heavy atom. The first-order valence-electron chi connectivity index (χ1n) is 8.68. The Morgan fingerprint density at radius 2 is 2.24 bits per heavy atom. The van der Waals surface area contributed by atoms with Crippen molar-refractivity contribution in [2.24, 2.45) is 11.8 Å². The summed E-state index contributed by atoms with van der Waals surface area (Å²) in [6.45, 7) is 6.07. The second-order valence-corrected chi connectivity index (χ2v) is 6.97. The summed E-state index contributed by atoms with van der Waals surface area (Å²) >= 11 is 0. The summed E-state index contributed by atoms with van der Waals surface area (Å²) < 4.78 is 5.35. The summed E-state index contributed by atoms with van der Waals surface area (Å²) in [6, 6.07) is 7.96. The van der Waals surface area contributed by atoms with Crippen molar-refractivity contribution in [3.8, 4) is 5.75 Å². The molecule has 2 aromatic rings. The van der Waals surface area contributed by atoms with Gasteiger partial charge in [0.25, 0.3) is 0 Å². The summed E-state index contributed by atoms with van der Waals surface area (Å²) in [6.07, 6.45) is 5.62. The molecular weight excluding hydrogens is 380 g/mol. The Balaban J connectivity index is 0.00000182. The van der Waals surface area contributed by atoms with Crippen LogP contribution in [0.15, 0.2) is 43.1 Å². The number of pyridine rings is 1. The number of nitrogens with zero attached hydrogens (tertiary/aromatic N) is 2. The van der Waals surface area contributed by atoms with Gasteiger partial charge in [0.05, 0.1) is 18.7 Å². The number of hydrogen-bond donors (Lipinski definition) is 1. The van der Waals surface area contributed by atoms with Crippen LogP contribution in [0.3, 0.4) is 0 Å². The smallest absolute Gasteiger partial charge is 0.119 e.